The first-order valence-electron chi connectivity index (χ1n) is 5.93. The van der Waals surface area contributed by atoms with Gasteiger partial charge in [-0.05, 0) is 19.8 Å². The lowest BCUT2D eigenvalue weighted by Gasteiger charge is -2.08. The van der Waals surface area contributed by atoms with Crippen LogP contribution in [0, 0.1) is 6.92 Å². The molecule has 94 valence electrons. The van der Waals surface area contributed by atoms with Crippen LogP contribution in [0.4, 0.5) is 0 Å². The zero-order valence-electron chi connectivity index (χ0n) is 10.1. The first kappa shape index (κ1) is 11.0. The number of hydrogen-bond donors (Lipinski definition) is 1. The summed E-state index contributed by atoms with van der Waals surface area (Å²) in [5.41, 5.74) is 2.00. The van der Waals surface area contributed by atoms with Gasteiger partial charge in [-0.2, -0.15) is 5.10 Å². The third-order valence-electron chi connectivity index (χ3n) is 3.33. The second kappa shape index (κ2) is 3.97. The van der Waals surface area contributed by atoms with Gasteiger partial charge in [-0.1, -0.05) is 0 Å². The fourth-order valence-corrected chi connectivity index (χ4v) is 2.11. The molecular weight excluding hydrogens is 232 g/mol. The Hall–Kier alpha value is -2.11. The maximum absolute atomic E-state index is 11.0. The minimum atomic E-state index is -0.936. The molecule has 0 bridgehead atoms. The molecular formula is C12H14N4O2. The number of carbonyl (C=O) groups is 1. The topological polar surface area (TPSA) is 72.9 Å². The number of carboxylic acids is 1. The molecule has 0 aromatic carbocycles. The van der Waals surface area contributed by atoms with Gasteiger partial charge in [0.15, 0.2) is 0 Å². The predicted octanol–water partition coefficient (Wildman–Crippen LogP) is 1.47. The second-order valence-corrected chi connectivity index (χ2v) is 4.63. The SMILES string of the molecule is Cc1c(C(=O)O)cnn1Cc1cncn1C1CC1. The normalized spacial score (nSPS) is 14.9. The van der Waals surface area contributed by atoms with E-state index >= 15 is 0 Å². The third-order valence-corrected chi connectivity index (χ3v) is 3.33. The molecule has 3 rings (SSSR count). The minimum absolute atomic E-state index is 0.257. The van der Waals surface area contributed by atoms with Crippen molar-refractivity contribution < 1.29 is 9.90 Å². The summed E-state index contributed by atoms with van der Waals surface area (Å²) in [4.78, 5) is 15.1. The maximum Gasteiger partial charge on any atom is 0.339 e. The number of rotatable bonds is 4. The molecule has 0 unspecified atom stereocenters. The van der Waals surface area contributed by atoms with Gasteiger partial charge in [-0.3, -0.25) is 4.68 Å². The summed E-state index contributed by atoms with van der Waals surface area (Å²) >= 11 is 0. The zero-order chi connectivity index (χ0) is 12.7. The summed E-state index contributed by atoms with van der Waals surface area (Å²) in [6, 6.07) is 0.567. The van der Waals surface area contributed by atoms with Crippen molar-refractivity contribution in [2.45, 2.75) is 32.4 Å². The molecule has 1 N–H and O–H groups in total. The Morgan fingerprint density at radius 1 is 1.50 bits per heavy atom. The summed E-state index contributed by atoms with van der Waals surface area (Å²) in [6.07, 6.45) is 7.45. The van der Waals surface area contributed by atoms with Crippen molar-refractivity contribution in [3.05, 3.63) is 35.7 Å². The van der Waals surface area contributed by atoms with E-state index in [0.29, 0.717) is 18.3 Å². The summed E-state index contributed by atoms with van der Waals surface area (Å²) in [7, 11) is 0. The highest BCUT2D eigenvalue weighted by Gasteiger charge is 2.25. The molecule has 0 atom stereocenters. The third kappa shape index (κ3) is 1.79. The van der Waals surface area contributed by atoms with E-state index in [1.807, 2.05) is 12.5 Å². The highest BCUT2D eigenvalue weighted by atomic mass is 16.4. The van der Waals surface area contributed by atoms with Crippen LogP contribution in [0.1, 0.15) is 40.6 Å². The van der Waals surface area contributed by atoms with Crippen LogP contribution in [0.25, 0.3) is 0 Å². The summed E-state index contributed by atoms with van der Waals surface area (Å²) in [5, 5.41) is 13.1. The molecule has 0 amide bonds. The van der Waals surface area contributed by atoms with Crippen LogP contribution in [0.5, 0.6) is 0 Å². The number of carboxylic acid groups (broad SMARTS) is 1. The van der Waals surface area contributed by atoms with Crippen LogP contribution < -0.4 is 0 Å². The molecule has 0 radical (unpaired) electrons. The van der Waals surface area contributed by atoms with Crippen molar-refractivity contribution in [3.8, 4) is 0 Å². The van der Waals surface area contributed by atoms with E-state index in [-0.39, 0.29) is 5.56 Å². The Balaban J connectivity index is 1.88. The van der Waals surface area contributed by atoms with Crippen molar-refractivity contribution >= 4 is 5.97 Å². The van der Waals surface area contributed by atoms with E-state index in [1.165, 1.54) is 19.0 Å². The molecule has 1 aliphatic carbocycles. The number of imidazole rings is 1. The number of aromatic nitrogens is 4. The summed E-state index contributed by atoms with van der Waals surface area (Å²) in [5.74, 6) is -0.936. The van der Waals surface area contributed by atoms with E-state index in [1.54, 1.807) is 11.6 Å². The molecule has 6 nitrogen and oxygen atoms in total. The summed E-state index contributed by atoms with van der Waals surface area (Å²) in [6.45, 7) is 2.34. The largest absolute Gasteiger partial charge is 0.478 e. The summed E-state index contributed by atoms with van der Waals surface area (Å²) < 4.78 is 3.86. The molecule has 1 saturated carbocycles. The molecule has 2 aromatic rings. The van der Waals surface area contributed by atoms with Gasteiger partial charge in [0, 0.05) is 6.04 Å². The maximum atomic E-state index is 11.0. The van der Waals surface area contributed by atoms with E-state index in [4.69, 9.17) is 5.11 Å². The van der Waals surface area contributed by atoms with Gasteiger partial charge in [-0.25, -0.2) is 9.78 Å². The van der Waals surface area contributed by atoms with Gasteiger partial charge in [0.1, 0.15) is 5.56 Å². The van der Waals surface area contributed by atoms with Gasteiger partial charge in [-0.15, -0.1) is 0 Å². The second-order valence-electron chi connectivity index (χ2n) is 4.63. The number of hydrogen-bond acceptors (Lipinski definition) is 3. The van der Waals surface area contributed by atoms with Crippen LogP contribution in [0.2, 0.25) is 0 Å². The Labute approximate surface area is 104 Å². The zero-order valence-corrected chi connectivity index (χ0v) is 10.1. The van der Waals surface area contributed by atoms with Crippen LogP contribution in [0.15, 0.2) is 18.7 Å². The van der Waals surface area contributed by atoms with Crippen LogP contribution >= 0.6 is 0 Å². The van der Waals surface area contributed by atoms with Crippen molar-refractivity contribution in [2.24, 2.45) is 0 Å². The number of nitrogens with zero attached hydrogens (tertiary/aromatic N) is 4. The standard InChI is InChI=1S/C12H14N4O2/c1-8-11(12(17)18)5-14-16(8)6-10-4-13-7-15(10)9-2-3-9/h4-5,7,9H,2-3,6H2,1H3,(H,17,18). The fraction of sp³-hybridized carbons (Fsp3) is 0.417. The van der Waals surface area contributed by atoms with Gasteiger partial charge in [0.2, 0.25) is 0 Å². The molecule has 1 fully saturated rings. The van der Waals surface area contributed by atoms with Crippen LogP contribution in [0.3, 0.4) is 0 Å². The van der Waals surface area contributed by atoms with E-state index in [2.05, 4.69) is 14.6 Å². The Bertz CT molecular complexity index is 595. The predicted molar refractivity (Wildman–Crippen MR) is 63.5 cm³/mol. The van der Waals surface area contributed by atoms with Crippen molar-refractivity contribution in [2.75, 3.05) is 0 Å². The van der Waals surface area contributed by atoms with Gasteiger partial charge in [0.05, 0.1) is 36.7 Å². The lowest BCUT2D eigenvalue weighted by atomic mass is 10.2. The molecule has 6 heteroatoms. The van der Waals surface area contributed by atoms with Crippen LogP contribution in [-0.2, 0) is 6.54 Å². The highest BCUT2D eigenvalue weighted by Crippen LogP contribution is 2.35. The Morgan fingerprint density at radius 3 is 2.89 bits per heavy atom. The smallest absolute Gasteiger partial charge is 0.339 e. The van der Waals surface area contributed by atoms with E-state index in [0.717, 1.165) is 5.69 Å². The quantitative estimate of drug-likeness (QED) is 0.886. The van der Waals surface area contributed by atoms with Crippen molar-refractivity contribution in [1.82, 2.24) is 19.3 Å². The highest BCUT2D eigenvalue weighted by molar-refractivity contribution is 5.88. The van der Waals surface area contributed by atoms with Gasteiger partial charge < -0.3 is 9.67 Å². The molecule has 0 spiro atoms. The first-order valence-corrected chi connectivity index (χ1v) is 5.93. The van der Waals surface area contributed by atoms with Crippen molar-refractivity contribution in [3.63, 3.8) is 0 Å². The molecule has 2 aromatic heterocycles. The van der Waals surface area contributed by atoms with Gasteiger partial charge >= 0.3 is 5.97 Å². The van der Waals surface area contributed by atoms with Crippen molar-refractivity contribution in [1.29, 1.82) is 0 Å². The van der Waals surface area contributed by atoms with Crippen LogP contribution in [-0.4, -0.2) is 30.4 Å². The van der Waals surface area contributed by atoms with E-state index in [9.17, 15) is 4.79 Å². The molecule has 18 heavy (non-hydrogen) atoms. The Morgan fingerprint density at radius 2 is 2.28 bits per heavy atom. The number of aromatic carboxylic acids is 1. The monoisotopic (exact) mass is 246 g/mol. The molecule has 0 saturated heterocycles. The average molecular weight is 246 g/mol. The first-order chi connectivity index (χ1) is 8.66. The van der Waals surface area contributed by atoms with Gasteiger partial charge in [0.25, 0.3) is 0 Å². The lowest BCUT2D eigenvalue weighted by Crippen LogP contribution is -2.09. The van der Waals surface area contributed by atoms with E-state index < -0.39 is 5.97 Å². The fourth-order valence-electron chi connectivity index (χ4n) is 2.11. The Kier molecular flexibility index (Phi) is 2.43. The minimum Gasteiger partial charge on any atom is -0.478 e. The molecule has 2 heterocycles. The molecule has 1 aliphatic rings. The molecule has 0 aliphatic heterocycles. The average Bonchev–Trinajstić information content (AvgIpc) is 2.97. The lowest BCUT2D eigenvalue weighted by molar-refractivity contribution is 0.0696.